The second-order valence-corrected chi connectivity index (χ2v) is 3.80. The van der Waals surface area contributed by atoms with Crippen LogP contribution in [-0.2, 0) is 4.74 Å². The molecule has 3 heteroatoms. The van der Waals surface area contributed by atoms with Gasteiger partial charge in [-0.1, -0.05) is 0 Å². The summed E-state index contributed by atoms with van der Waals surface area (Å²) in [6.07, 6.45) is 0.901. The fourth-order valence-corrected chi connectivity index (χ4v) is 0.856. The van der Waals surface area contributed by atoms with Crippen LogP contribution in [0.3, 0.4) is 0 Å². The van der Waals surface area contributed by atoms with Gasteiger partial charge in [-0.3, -0.25) is 0 Å². The Balaban J connectivity index is 3.31. The third-order valence-electron chi connectivity index (χ3n) is 1.61. The van der Waals surface area contributed by atoms with Gasteiger partial charge in [0.1, 0.15) is 0 Å². The minimum atomic E-state index is -0.612. The van der Waals surface area contributed by atoms with E-state index < -0.39 is 5.60 Å². The molecule has 0 rings (SSSR count). The molecule has 1 unspecified atom stereocenters. The third-order valence-corrected chi connectivity index (χ3v) is 1.61. The van der Waals surface area contributed by atoms with Crippen LogP contribution < -0.4 is 5.32 Å². The summed E-state index contributed by atoms with van der Waals surface area (Å²) in [7, 11) is 1.90. The monoisotopic (exact) mass is 175 g/mol. The van der Waals surface area contributed by atoms with Crippen LogP contribution in [0.2, 0.25) is 0 Å². The van der Waals surface area contributed by atoms with E-state index in [4.69, 9.17) is 4.74 Å². The van der Waals surface area contributed by atoms with Crippen molar-refractivity contribution >= 4 is 0 Å². The van der Waals surface area contributed by atoms with Crippen LogP contribution in [0.5, 0.6) is 0 Å². The van der Waals surface area contributed by atoms with Gasteiger partial charge in [0.15, 0.2) is 0 Å². The number of hydrogen-bond acceptors (Lipinski definition) is 3. The molecule has 0 aromatic carbocycles. The number of likely N-dealkylation sites (N-methyl/N-ethyl adjacent to an activating group) is 1. The van der Waals surface area contributed by atoms with Crippen molar-refractivity contribution in [2.75, 3.05) is 20.2 Å². The average Bonchev–Trinajstić information content (AvgIpc) is 1.84. The van der Waals surface area contributed by atoms with Gasteiger partial charge in [0.25, 0.3) is 0 Å². The summed E-state index contributed by atoms with van der Waals surface area (Å²) in [5.74, 6) is 0. The zero-order chi connectivity index (χ0) is 9.61. The molecule has 74 valence electrons. The van der Waals surface area contributed by atoms with Crippen LogP contribution in [0.1, 0.15) is 27.2 Å². The molecule has 0 saturated carbocycles. The SMILES string of the molecule is CNCC(C)OCCC(C)(C)O. The number of nitrogens with one attached hydrogen (secondary N) is 1. The van der Waals surface area contributed by atoms with Crippen molar-refractivity contribution in [3.8, 4) is 0 Å². The average molecular weight is 175 g/mol. The van der Waals surface area contributed by atoms with Gasteiger partial charge < -0.3 is 15.2 Å². The van der Waals surface area contributed by atoms with E-state index in [1.54, 1.807) is 13.8 Å². The second-order valence-electron chi connectivity index (χ2n) is 3.80. The Morgan fingerprint density at radius 2 is 2.08 bits per heavy atom. The summed E-state index contributed by atoms with van der Waals surface area (Å²) in [6, 6.07) is 0. The van der Waals surface area contributed by atoms with E-state index in [-0.39, 0.29) is 6.10 Å². The van der Waals surface area contributed by atoms with Gasteiger partial charge in [-0.25, -0.2) is 0 Å². The minimum Gasteiger partial charge on any atom is -0.390 e. The van der Waals surface area contributed by atoms with Gasteiger partial charge in [-0.15, -0.1) is 0 Å². The summed E-state index contributed by atoms with van der Waals surface area (Å²) >= 11 is 0. The van der Waals surface area contributed by atoms with Crippen molar-refractivity contribution in [3.05, 3.63) is 0 Å². The Hall–Kier alpha value is -0.120. The quantitative estimate of drug-likeness (QED) is 0.626. The molecule has 12 heavy (non-hydrogen) atoms. The normalized spacial score (nSPS) is 14.8. The van der Waals surface area contributed by atoms with Crippen LogP contribution >= 0.6 is 0 Å². The highest BCUT2D eigenvalue weighted by molar-refractivity contribution is 4.64. The summed E-state index contributed by atoms with van der Waals surface area (Å²) < 4.78 is 5.44. The first-order chi connectivity index (χ1) is 5.45. The first-order valence-corrected chi connectivity index (χ1v) is 4.44. The van der Waals surface area contributed by atoms with Crippen molar-refractivity contribution in [1.82, 2.24) is 5.32 Å². The fraction of sp³-hybridized carbons (Fsp3) is 1.00. The predicted molar refractivity (Wildman–Crippen MR) is 50.3 cm³/mol. The number of hydrogen-bond donors (Lipinski definition) is 2. The molecule has 0 aromatic heterocycles. The molecule has 3 nitrogen and oxygen atoms in total. The summed E-state index contributed by atoms with van der Waals surface area (Å²) in [4.78, 5) is 0. The second kappa shape index (κ2) is 5.51. The highest BCUT2D eigenvalue weighted by Crippen LogP contribution is 2.07. The summed E-state index contributed by atoms with van der Waals surface area (Å²) in [6.45, 7) is 7.07. The smallest absolute Gasteiger partial charge is 0.0671 e. The number of aliphatic hydroxyl groups is 1. The van der Waals surface area contributed by atoms with Gasteiger partial charge >= 0.3 is 0 Å². The highest BCUT2D eigenvalue weighted by atomic mass is 16.5. The maximum atomic E-state index is 9.36. The van der Waals surface area contributed by atoms with Crippen molar-refractivity contribution in [1.29, 1.82) is 0 Å². The predicted octanol–water partition coefficient (Wildman–Crippen LogP) is 0.772. The van der Waals surface area contributed by atoms with Crippen molar-refractivity contribution in [3.63, 3.8) is 0 Å². The molecule has 0 radical (unpaired) electrons. The molecule has 0 amide bonds. The lowest BCUT2D eigenvalue weighted by molar-refractivity contribution is 0.00522. The number of ether oxygens (including phenoxy) is 1. The molecule has 0 aromatic rings. The molecule has 0 fully saturated rings. The minimum absolute atomic E-state index is 0.220. The molecular formula is C9H21NO2. The van der Waals surface area contributed by atoms with Crippen LogP contribution in [0, 0.1) is 0 Å². The molecule has 0 heterocycles. The molecule has 0 saturated heterocycles. The van der Waals surface area contributed by atoms with Gasteiger partial charge in [-0.05, 0) is 34.2 Å². The van der Waals surface area contributed by atoms with E-state index in [2.05, 4.69) is 5.32 Å². The topological polar surface area (TPSA) is 41.5 Å². The van der Waals surface area contributed by atoms with Crippen LogP contribution in [0.25, 0.3) is 0 Å². The third kappa shape index (κ3) is 7.98. The Kier molecular flexibility index (Phi) is 5.46. The molecule has 0 aliphatic heterocycles. The van der Waals surface area contributed by atoms with Crippen molar-refractivity contribution in [2.24, 2.45) is 0 Å². The Bertz CT molecular complexity index is 110. The maximum Gasteiger partial charge on any atom is 0.0671 e. The largest absolute Gasteiger partial charge is 0.390 e. The first-order valence-electron chi connectivity index (χ1n) is 4.44. The van der Waals surface area contributed by atoms with Crippen LogP contribution in [-0.4, -0.2) is 37.0 Å². The number of rotatable bonds is 6. The molecule has 1 atom stereocenters. The van der Waals surface area contributed by atoms with Crippen molar-refractivity contribution in [2.45, 2.75) is 38.9 Å². The van der Waals surface area contributed by atoms with E-state index in [1.807, 2.05) is 14.0 Å². The summed E-state index contributed by atoms with van der Waals surface area (Å²) in [5.41, 5.74) is -0.612. The Morgan fingerprint density at radius 1 is 1.50 bits per heavy atom. The van der Waals surface area contributed by atoms with Gasteiger partial charge in [0.2, 0.25) is 0 Å². The lowest BCUT2D eigenvalue weighted by atomic mass is 10.1. The molecule has 0 bridgehead atoms. The maximum absolute atomic E-state index is 9.36. The van der Waals surface area contributed by atoms with Crippen molar-refractivity contribution < 1.29 is 9.84 Å². The first kappa shape index (κ1) is 11.9. The molecule has 0 aliphatic carbocycles. The zero-order valence-corrected chi connectivity index (χ0v) is 8.55. The Labute approximate surface area is 75.1 Å². The van der Waals surface area contributed by atoms with E-state index in [0.29, 0.717) is 13.0 Å². The zero-order valence-electron chi connectivity index (χ0n) is 8.55. The van der Waals surface area contributed by atoms with Crippen LogP contribution in [0.15, 0.2) is 0 Å². The molecule has 2 N–H and O–H groups in total. The Morgan fingerprint density at radius 3 is 2.50 bits per heavy atom. The standard InChI is InChI=1S/C9H21NO2/c1-8(7-10-4)12-6-5-9(2,3)11/h8,10-11H,5-7H2,1-4H3. The van der Waals surface area contributed by atoms with E-state index in [1.165, 1.54) is 0 Å². The van der Waals surface area contributed by atoms with Gasteiger partial charge in [-0.2, -0.15) is 0 Å². The summed E-state index contributed by atoms with van der Waals surface area (Å²) in [5, 5.41) is 12.4. The van der Waals surface area contributed by atoms with Crippen LogP contribution in [0.4, 0.5) is 0 Å². The molecule has 0 aliphatic rings. The lowest BCUT2D eigenvalue weighted by Crippen LogP contribution is -2.27. The highest BCUT2D eigenvalue weighted by Gasteiger charge is 2.12. The van der Waals surface area contributed by atoms with E-state index >= 15 is 0 Å². The molecule has 0 spiro atoms. The van der Waals surface area contributed by atoms with E-state index in [0.717, 1.165) is 6.54 Å². The van der Waals surface area contributed by atoms with E-state index in [9.17, 15) is 5.11 Å². The van der Waals surface area contributed by atoms with Gasteiger partial charge in [0, 0.05) is 13.2 Å². The molecular weight excluding hydrogens is 154 g/mol. The fourth-order valence-electron chi connectivity index (χ4n) is 0.856. The lowest BCUT2D eigenvalue weighted by Gasteiger charge is -2.19. The van der Waals surface area contributed by atoms with Gasteiger partial charge in [0.05, 0.1) is 11.7 Å².